The molecule has 1 aromatic carbocycles. The lowest BCUT2D eigenvalue weighted by atomic mass is 10.1. The minimum atomic E-state index is -0.0596. The largest absolute Gasteiger partial charge is 0.356 e. The van der Waals surface area contributed by atoms with E-state index in [2.05, 4.69) is 17.4 Å². The van der Waals surface area contributed by atoms with Crippen LogP contribution in [0.1, 0.15) is 31.9 Å². The number of amides is 1. The fraction of sp³-hybridized carbons (Fsp3) is 0.467. The first-order valence-corrected chi connectivity index (χ1v) is 7.07. The van der Waals surface area contributed by atoms with Gasteiger partial charge in [-0.05, 0) is 18.6 Å². The first-order chi connectivity index (χ1) is 9.74. The molecule has 5 heteroatoms. The fourth-order valence-electron chi connectivity index (χ4n) is 2.20. The van der Waals surface area contributed by atoms with Crippen molar-refractivity contribution in [3.63, 3.8) is 0 Å². The molecule has 1 heterocycles. The number of unbranched alkanes of at least 4 members (excludes halogenated alkanes) is 1. The molecular formula is C15H21N3O2. The number of nitrogens with zero attached hydrogens (tertiary/aromatic N) is 1. The Morgan fingerprint density at radius 1 is 1.45 bits per heavy atom. The minimum Gasteiger partial charge on any atom is -0.356 e. The predicted molar refractivity (Wildman–Crippen MR) is 78.2 cm³/mol. The molecule has 5 nitrogen and oxygen atoms in total. The van der Waals surface area contributed by atoms with Gasteiger partial charge in [-0.25, -0.2) is 0 Å². The summed E-state index contributed by atoms with van der Waals surface area (Å²) < 4.78 is 5.19. The summed E-state index contributed by atoms with van der Waals surface area (Å²) in [5.41, 5.74) is 7.05. The van der Waals surface area contributed by atoms with Crippen LogP contribution in [0.3, 0.4) is 0 Å². The summed E-state index contributed by atoms with van der Waals surface area (Å²) in [7, 11) is 0. The van der Waals surface area contributed by atoms with Gasteiger partial charge < -0.3 is 15.6 Å². The Morgan fingerprint density at radius 3 is 3.00 bits per heavy atom. The molecule has 2 rings (SSSR count). The molecule has 3 N–H and O–H groups in total. The van der Waals surface area contributed by atoms with Gasteiger partial charge in [-0.1, -0.05) is 37.1 Å². The molecule has 0 saturated carbocycles. The number of hydrogen-bond acceptors (Lipinski definition) is 4. The number of carbonyl (C=O) groups is 1. The highest BCUT2D eigenvalue weighted by molar-refractivity contribution is 5.86. The van der Waals surface area contributed by atoms with Gasteiger partial charge in [0.15, 0.2) is 5.58 Å². The monoisotopic (exact) mass is 275 g/mol. The third kappa shape index (κ3) is 3.57. The number of hydrogen-bond donors (Lipinski definition) is 2. The standard InChI is InChI=1S/C15H21N3O2/c1-2-3-6-11(10-16)17-15(19)9-13-12-7-4-5-8-14(12)20-18-13/h4-5,7-8,11H,2-3,6,9-10,16H2,1H3,(H,17,19). The van der Waals surface area contributed by atoms with E-state index in [-0.39, 0.29) is 18.4 Å². The van der Waals surface area contributed by atoms with Gasteiger partial charge in [-0.3, -0.25) is 4.79 Å². The van der Waals surface area contributed by atoms with Crippen LogP contribution in [0.15, 0.2) is 28.8 Å². The van der Waals surface area contributed by atoms with Gasteiger partial charge in [0.25, 0.3) is 0 Å². The Bertz CT molecular complexity index is 565. The number of nitrogens with two attached hydrogens (primary N) is 1. The van der Waals surface area contributed by atoms with Crippen molar-refractivity contribution in [2.45, 2.75) is 38.6 Å². The lowest BCUT2D eigenvalue weighted by Gasteiger charge is -2.15. The minimum absolute atomic E-state index is 0.0422. The second kappa shape index (κ2) is 7.05. The van der Waals surface area contributed by atoms with Crippen LogP contribution in [0.2, 0.25) is 0 Å². The molecule has 2 aromatic rings. The maximum Gasteiger partial charge on any atom is 0.226 e. The molecule has 0 radical (unpaired) electrons. The van der Waals surface area contributed by atoms with Crippen molar-refractivity contribution in [3.8, 4) is 0 Å². The molecule has 0 saturated heterocycles. The second-order valence-corrected chi connectivity index (χ2v) is 4.94. The van der Waals surface area contributed by atoms with Gasteiger partial charge in [-0.2, -0.15) is 0 Å². The number of fused-ring (bicyclic) bond motifs is 1. The molecule has 0 fully saturated rings. The quantitative estimate of drug-likeness (QED) is 0.810. The Hall–Kier alpha value is -1.88. The van der Waals surface area contributed by atoms with Crippen molar-refractivity contribution in [2.75, 3.05) is 6.54 Å². The zero-order chi connectivity index (χ0) is 14.4. The van der Waals surface area contributed by atoms with Crippen LogP contribution in [-0.2, 0) is 11.2 Å². The average Bonchev–Trinajstić information content (AvgIpc) is 2.87. The van der Waals surface area contributed by atoms with E-state index in [9.17, 15) is 4.79 Å². The van der Waals surface area contributed by atoms with Crippen LogP contribution in [-0.4, -0.2) is 23.7 Å². The van der Waals surface area contributed by atoms with E-state index in [0.29, 0.717) is 17.8 Å². The average molecular weight is 275 g/mol. The van der Waals surface area contributed by atoms with Gasteiger partial charge in [-0.15, -0.1) is 0 Å². The number of carbonyl (C=O) groups excluding carboxylic acids is 1. The summed E-state index contributed by atoms with van der Waals surface area (Å²) in [6, 6.07) is 7.58. The Labute approximate surface area is 118 Å². The molecule has 0 aliphatic rings. The van der Waals surface area contributed by atoms with Crippen molar-refractivity contribution in [2.24, 2.45) is 5.73 Å². The van der Waals surface area contributed by atoms with Crippen molar-refractivity contribution >= 4 is 16.9 Å². The predicted octanol–water partition coefficient (Wildman–Crippen LogP) is 2.00. The van der Waals surface area contributed by atoms with Crippen molar-refractivity contribution in [1.29, 1.82) is 0 Å². The van der Waals surface area contributed by atoms with E-state index in [4.69, 9.17) is 10.3 Å². The number of rotatable bonds is 7. The summed E-state index contributed by atoms with van der Waals surface area (Å²) >= 11 is 0. The molecule has 0 bridgehead atoms. The maximum atomic E-state index is 12.0. The highest BCUT2D eigenvalue weighted by Gasteiger charge is 2.14. The van der Waals surface area contributed by atoms with E-state index in [0.717, 1.165) is 24.6 Å². The summed E-state index contributed by atoms with van der Waals surface area (Å²) in [4.78, 5) is 12.0. The third-order valence-corrected chi connectivity index (χ3v) is 3.34. The number of benzene rings is 1. The zero-order valence-electron chi connectivity index (χ0n) is 11.8. The fourth-order valence-corrected chi connectivity index (χ4v) is 2.20. The van der Waals surface area contributed by atoms with Crippen LogP contribution in [0.5, 0.6) is 0 Å². The van der Waals surface area contributed by atoms with Gasteiger partial charge in [0.2, 0.25) is 5.91 Å². The third-order valence-electron chi connectivity index (χ3n) is 3.34. The molecule has 1 amide bonds. The summed E-state index contributed by atoms with van der Waals surface area (Å²) in [6.45, 7) is 2.59. The van der Waals surface area contributed by atoms with Crippen LogP contribution < -0.4 is 11.1 Å². The highest BCUT2D eigenvalue weighted by atomic mass is 16.5. The summed E-state index contributed by atoms with van der Waals surface area (Å²) in [5, 5.41) is 7.81. The SMILES string of the molecule is CCCCC(CN)NC(=O)Cc1noc2ccccc12. The Balaban J connectivity index is 1.97. The molecule has 108 valence electrons. The molecule has 1 unspecified atom stereocenters. The second-order valence-electron chi connectivity index (χ2n) is 4.94. The van der Waals surface area contributed by atoms with Crippen LogP contribution in [0.4, 0.5) is 0 Å². The molecule has 1 atom stereocenters. The van der Waals surface area contributed by atoms with Crippen LogP contribution in [0.25, 0.3) is 11.0 Å². The van der Waals surface area contributed by atoms with Crippen LogP contribution in [0, 0.1) is 0 Å². The topological polar surface area (TPSA) is 81.1 Å². The number of nitrogens with one attached hydrogen (secondary N) is 1. The smallest absolute Gasteiger partial charge is 0.226 e. The van der Waals surface area contributed by atoms with Crippen LogP contribution >= 0.6 is 0 Å². The highest BCUT2D eigenvalue weighted by Crippen LogP contribution is 2.18. The first-order valence-electron chi connectivity index (χ1n) is 7.07. The molecule has 0 spiro atoms. The molecule has 1 aromatic heterocycles. The normalized spacial score (nSPS) is 12.5. The van der Waals surface area contributed by atoms with Gasteiger partial charge in [0, 0.05) is 18.0 Å². The van der Waals surface area contributed by atoms with E-state index in [1.165, 1.54) is 0 Å². The lowest BCUT2D eigenvalue weighted by molar-refractivity contribution is -0.121. The number of aromatic nitrogens is 1. The zero-order valence-corrected chi connectivity index (χ0v) is 11.8. The Kier molecular flexibility index (Phi) is 5.12. The maximum absolute atomic E-state index is 12.0. The van der Waals surface area contributed by atoms with Crippen molar-refractivity contribution < 1.29 is 9.32 Å². The molecule has 20 heavy (non-hydrogen) atoms. The van der Waals surface area contributed by atoms with Gasteiger partial charge >= 0.3 is 0 Å². The summed E-state index contributed by atoms with van der Waals surface area (Å²) in [6.07, 6.45) is 3.30. The molecule has 0 aliphatic heterocycles. The van der Waals surface area contributed by atoms with E-state index in [1.54, 1.807) is 0 Å². The van der Waals surface area contributed by atoms with Crippen molar-refractivity contribution in [3.05, 3.63) is 30.0 Å². The van der Waals surface area contributed by atoms with Gasteiger partial charge in [0.05, 0.1) is 6.42 Å². The van der Waals surface area contributed by atoms with E-state index >= 15 is 0 Å². The van der Waals surface area contributed by atoms with E-state index in [1.807, 2.05) is 24.3 Å². The number of para-hydroxylation sites is 1. The molecular weight excluding hydrogens is 254 g/mol. The lowest BCUT2D eigenvalue weighted by Crippen LogP contribution is -2.40. The van der Waals surface area contributed by atoms with Crippen molar-refractivity contribution in [1.82, 2.24) is 10.5 Å². The van der Waals surface area contributed by atoms with E-state index < -0.39 is 0 Å². The Morgan fingerprint density at radius 2 is 2.25 bits per heavy atom. The van der Waals surface area contributed by atoms with Gasteiger partial charge in [0.1, 0.15) is 5.69 Å². The summed E-state index contributed by atoms with van der Waals surface area (Å²) in [5.74, 6) is -0.0596. The first kappa shape index (κ1) is 14.5. The molecule has 0 aliphatic carbocycles.